The van der Waals surface area contributed by atoms with Gasteiger partial charge in [0.2, 0.25) is 0 Å². The summed E-state index contributed by atoms with van der Waals surface area (Å²) in [6, 6.07) is 7.87. The van der Waals surface area contributed by atoms with Gasteiger partial charge in [-0.05, 0) is 50.1 Å². The summed E-state index contributed by atoms with van der Waals surface area (Å²) < 4.78 is 9.36. The summed E-state index contributed by atoms with van der Waals surface area (Å²) in [5.41, 5.74) is 2.66. The smallest absolute Gasteiger partial charge is 0.293 e. The van der Waals surface area contributed by atoms with Crippen LogP contribution in [0.3, 0.4) is 0 Å². The Balaban J connectivity index is 0.000000550. The van der Waals surface area contributed by atoms with E-state index in [4.69, 9.17) is 4.74 Å². The molecule has 1 heterocycles. The number of hydrogen-bond donors (Lipinski definition) is 0. The molecule has 0 saturated carbocycles. The minimum Gasteiger partial charge on any atom is -0.497 e. The number of carbonyl (C=O) groups is 1. The highest BCUT2D eigenvalue weighted by Crippen LogP contribution is 2.33. The van der Waals surface area contributed by atoms with Crippen LogP contribution in [0.4, 0.5) is 0 Å². The number of carbonyl (C=O) groups excluding carboxylic acids is 1. The van der Waals surface area contributed by atoms with Crippen molar-refractivity contribution in [3.05, 3.63) is 41.5 Å². The van der Waals surface area contributed by atoms with Crippen molar-refractivity contribution in [3.8, 4) is 17.6 Å². The normalized spacial score (nSPS) is 17.6. The van der Waals surface area contributed by atoms with Crippen molar-refractivity contribution in [2.45, 2.75) is 27.2 Å². The predicted octanol–water partition coefficient (Wildman–Crippen LogP) is 3.51. The second kappa shape index (κ2) is 10.6. The van der Waals surface area contributed by atoms with Crippen LogP contribution in [0.2, 0.25) is 0 Å². The van der Waals surface area contributed by atoms with Crippen LogP contribution >= 0.6 is 0 Å². The number of ether oxygens (including phenoxy) is 2. The number of piperidine rings is 1. The van der Waals surface area contributed by atoms with E-state index in [2.05, 4.69) is 48.4 Å². The van der Waals surface area contributed by atoms with Crippen molar-refractivity contribution >= 4 is 6.47 Å². The number of rotatable bonds is 3. The fourth-order valence-electron chi connectivity index (χ4n) is 2.75. The fraction of sp³-hybridized carbons (Fsp3) is 0.476. The van der Waals surface area contributed by atoms with Crippen molar-refractivity contribution in [1.29, 1.82) is 0 Å². The van der Waals surface area contributed by atoms with Crippen LogP contribution in [0.5, 0.6) is 5.75 Å². The van der Waals surface area contributed by atoms with Crippen LogP contribution in [0.25, 0.3) is 0 Å². The highest BCUT2D eigenvalue weighted by Gasteiger charge is 2.28. The molecule has 0 radical (unpaired) electrons. The van der Waals surface area contributed by atoms with Crippen LogP contribution in [0.1, 0.15) is 32.8 Å². The first-order valence-electron chi connectivity index (χ1n) is 8.52. The van der Waals surface area contributed by atoms with Gasteiger partial charge in [-0.25, -0.2) is 0 Å². The third-order valence-electron chi connectivity index (χ3n) is 4.06. The molecule has 0 spiro atoms. The van der Waals surface area contributed by atoms with Crippen molar-refractivity contribution in [1.82, 2.24) is 4.90 Å². The van der Waals surface area contributed by atoms with E-state index in [1.54, 1.807) is 14.0 Å². The van der Waals surface area contributed by atoms with Gasteiger partial charge in [0.05, 0.1) is 13.7 Å². The van der Waals surface area contributed by atoms with Crippen LogP contribution in [-0.2, 0) is 9.53 Å². The highest BCUT2D eigenvalue weighted by molar-refractivity contribution is 5.42. The molecule has 136 valence electrons. The van der Waals surface area contributed by atoms with Crippen LogP contribution in [-0.4, -0.2) is 45.2 Å². The fourth-order valence-corrected chi connectivity index (χ4v) is 2.75. The summed E-state index contributed by atoms with van der Waals surface area (Å²) >= 11 is 0. The summed E-state index contributed by atoms with van der Waals surface area (Å²) in [7, 11) is 3.86. The number of nitrogens with zero attached hydrogens (tertiary/aromatic N) is 1. The largest absolute Gasteiger partial charge is 0.497 e. The zero-order valence-electron chi connectivity index (χ0n) is 16.0. The SMILES string of the molecule is CCOC=O.COc1cccc(C#C/C=C2\CCN(C)CC2(C)C)c1. The molecular formula is C21H29NO3. The quantitative estimate of drug-likeness (QED) is 0.622. The first-order valence-corrected chi connectivity index (χ1v) is 8.52. The monoisotopic (exact) mass is 343 g/mol. The first kappa shape index (κ1) is 20.8. The topological polar surface area (TPSA) is 38.8 Å². The van der Waals surface area contributed by atoms with E-state index in [0.29, 0.717) is 13.1 Å². The van der Waals surface area contributed by atoms with Gasteiger partial charge in [-0.15, -0.1) is 0 Å². The van der Waals surface area contributed by atoms with Gasteiger partial charge in [0, 0.05) is 18.7 Å². The van der Waals surface area contributed by atoms with E-state index in [0.717, 1.165) is 30.8 Å². The van der Waals surface area contributed by atoms with Crippen LogP contribution in [0, 0.1) is 17.3 Å². The first-order chi connectivity index (χ1) is 11.9. The molecule has 0 bridgehead atoms. The Morgan fingerprint density at radius 1 is 1.36 bits per heavy atom. The standard InChI is InChI=1S/C18H23NO.C3H6O2/c1-18(2)14-19(3)12-11-16(18)9-5-7-15-8-6-10-17(13-15)20-4;1-2-5-3-4/h6,8-10,13H,11-12,14H2,1-4H3;3H,2H2,1H3/b16-9+;. The lowest BCUT2D eigenvalue weighted by molar-refractivity contribution is -0.128. The zero-order valence-corrected chi connectivity index (χ0v) is 16.0. The van der Waals surface area contributed by atoms with Crippen molar-refractivity contribution < 1.29 is 14.3 Å². The lowest BCUT2D eigenvalue weighted by atomic mass is 9.79. The van der Waals surface area contributed by atoms with Gasteiger partial charge < -0.3 is 14.4 Å². The van der Waals surface area contributed by atoms with Gasteiger partial charge >= 0.3 is 0 Å². The molecule has 0 aromatic heterocycles. The third-order valence-corrected chi connectivity index (χ3v) is 4.06. The molecule has 2 rings (SSSR count). The average molecular weight is 343 g/mol. The van der Waals surface area contributed by atoms with E-state index in [1.807, 2.05) is 24.3 Å². The molecule has 1 aromatic rings. The molecule has 0 amide bonds. The molecule has 0 N–H and O–H groups in total. The van der Waals surface area contributed by atoms with Gasteiger partial charge in [0.1, 0.15) is 5.75 Å². The summed E-state index contributed by atoms with van der Waals surface area (Å²) in [5, 5.41) is 0. The van der Waals surface area contributed by atoms with Crippen LogP contribution in [0.15, 0.2) is 35.9 Å². The Bertz CT molecular complexity index is 638. The summed E-state index contributed by atoms with van der Waals surface area (Å²) in [4.78, 5) is 11.6. The molecule has 4 nitrogen and oxygen atoms in total. The molecule has 1 fully saturated rings. The van der Waals surface area contributed by atoms with Gasteiger partial charge in [0.25, 0.3) is 6.47 Å². The summed E-state index contributed by atoms with van der Waals surface area (Å²) in [6.07, 6.45) is 3.21. The molecular weight excluding hydrogens is 314 g/mol. The minimum atomic E-state index is 0.218. The molecule has 0 atom stereocenters. The predicted molar refractivity (Wildman–Crippen MR) is 102 cm³/mol. The molecule has 25 heavy (non-hydrogen) atoms. The third kappa shape index (κ3) is 7.45. The second-order valence-electron chi connectivity index (χ2n) is 6.59. The zero-order chi connectivity index (χ0) is 18.7. The minimum absolute atomic E-state index is 0.218. The molecule has 1 aliphatic rings. The molecule has 0 unspecified atom stereocenters. The molecule has 1 aliphatic heterocycles. The van der Waals surface area contributed by atoms with E-state index < -0.39 is 0 Å². The lowest BCUT2D eigenvalue weighted by Crippen LogP contribution is -2.39. The summed E-state index contributed by atoms with van der Waals surface area (Å²) in [6.45, 7) is 9.47. The Kier molecular flexibility index (Phi) is 8.80. The maximum absolute atomic E-state index is 9.18. The van der Waals surface area contributed by atoms with Crippen molar-refractivity contribution in [2.24, 2.45) is 5.41 Å². The van der Waals surface area contributed by atoms with Crippen LogP contribution < -0.4 is 4.74 Å². The van der Waals surface area contributed by atoms with E-state index >= 15 is 0 Å². The Labute approximate surface area is 151 Å². The van der Waals surface area contributed by atoms with E-state index in [1.165, 1.54) is 5.57 Å². The second-order valence-corrected chi connectivity index (χ2v) is 6.59. The highest BCUT2D eigenvalue weighted by atomic mass is 16.5. The lowest BCUT2D eigenvalue weighted by Gasteiger charge is -2.38. The number of methoxy groups -OCH3 is 1. The maximum atomic E-state index is 9.18. The van der Waals surface area contributed by atoms with Gasteiger partial charge in [-0.2, -0.15) is 0 Å². The summed E-state index contributed by atoms with van der Waals surface area (Å²) in [5.74, 6) is 7.25. The number of benzene rings is 1. The van der Waals surface area contributed by atoms with Gasteiger partial charge in [-0.1, -0.05) is 37.3 Å². The van der Waals surface area contributed by atoms with Gasteiger partial charge in [0.15, 0.2) is 0 Å². The number of likely N-dealkylation sites (tertiary alicyclic amines) is 1. The number of allylic oxidation sites excluding steroid dienone is 1. The Morgan fingerprint density at radius 3 is 2.68 bits per heavy atom. The molecule has 0 aliphatic carbocycles. The molecule has 4 heteroatoms. The van der Waals surface area contributed by atoms with Crippen molar-refractivity contribution in [3.63, 3.8) is 0 Å². The molecule has 1 aromatic carbocycles. The Hall–Kier alpha value is -2.25. The molecule has 1 saturated heterocycles. The Morgan fingerprint density at radius 2 is 2.12 bits per heavy atom. The van der Waals surface area contributed by atoms with E-state index in [9.17, 15) is 4.79 Å². The van der Waals surface area contributed by atoms with E-state index in [-0.39, 0.29) is 5.41 Å². The van der Waals surface area contributed by atoms with Gasteiger partial charge in [-0.3, -0.25) is 4.79 Å². The van der Waals surface area contributed by atoms with Crippen molar-refractivity contribution in [2.75, 3.05) is 33.9 Å². The number of hydrogen-bond acceptors (Lipinski definition) is 4. The maximum Gasteiger partial charge on any atom is 0.293 e. The average Bonchev–Trinajstić information content (AvgIpc) is 2.58.